The Hall–Kier alpha value is -0.830. The summed E-state index contributed by atoms with van der Waals surface area (Å²) in [4.78, 5) is 0. The summed E-state index contributed by atoms with van der Waals surface area (Å²) in [5.41, 5.74) is 0.770. The number of hydrogen-bond donors (Lipinski definition) is 1. The molecular formula is C9H16N2O. The van der Waals surface area contributed by atoms with Crippen molar-refractivity contribution in [2.75, 3.05) is 0 Å². The van der Waals surface area contributed by atoms with E-state index in [1.165, 1.54) is 0 Å². The van der Waals surface area contributed by atoms with Gasteiger partial charge in [0, 0.05) is 13.2 Å². The first-order valence-electron chi connectivity index (χ1n) is 4.27. The Bertz CT molecular complexity index is 242. The van der Waals surface area contributed by atoms with E-state index in [-0.39, 0.29) is 0 Å². The molecule has 3 heteroatoms. The molecule has 1 N–H and O–H groups in total. The van der Waals surface area contributed by atoms with Gasteiger partial charge in [0.25, 0.3) is 0 Å². The number of aromatic nitrogens is 2. The summed E-state index contributed by atoms with van der Waals surface area (Å²) < 4.78 is 1.71. The molecule has 1 unspecified atom stereocenters. The van der Waals surface area contributed by atoms with E-state index in [1.807, 2.05) is 19.3 Å². The van der Waals surface area contributed by atoms with Crippen molar-refractivity contribution in [2.45, 2.75) is 26.4 Å². The largest absolute Gasteiger partial charge is 0.387 e. The van der Waals surface area contributed by atoms with E-state index >= 15 is 0 Å². The summed E-state index contributed by atoms with van der Waals surface area (Å²) in [5, 5.41) is 13.8. The third-order valence-corrected chi connectivity index (χ3v) is 1.77. The first kappa shape index (κ1) is 9.26. The van der Waals surface area contributed by atoms with Crippen LogP contribution in [0.1, 0.15) is 32.1 Å². The molecule has 0 saturated carbocycles. The molecule has 1 rings (SSSR count). The third kappa shape index (κ3) is 2.34. The molecule has 0 aliphatic carbocycles. The van der Waals surface area contributed by atoms with Gasteiger partial charge < -0.3 is 5.11 Å². The number of aryl methyl sites for hydroxylation is 1. The summed E-state index contributed by atoms with van der Waals surface area (Å²) in [6.45, 7) is 4.18. The lowest BCUT2D eigenvalue weighted by Gasteiger charge is -2.09. The zero-order valence-corrected chi connectivity index (χ0v) is 7.86. The van der Waals surface area contributed by atoms with Gasteiger partial charge in [-0.05, 0) is 18.4 Å². The number of rotatable bonds is 3. The number of aliphatic hydroxyl groups is 1. The molecule has 0 aliphatic heterocycles. The monoisotopic (exact) mass is 168 g/mol. The Kier molecular flexibility index (Phi) is 2.87. The van der Waals surface area contributed by atoms with Crippen LogP contribution in [0.15, 0.2) is 12.3 Å². The van der Waals surface area contributed by atoms with E-state index in [0.717, 1.165) is 12.1 Å². The zero-order valence-electron chi connectivity index (χ0n) is 7.86. The van der Waals surface area contributed by atoms with E-state index < -0.39 is 6.10 Å². The molecule has 0 fully saturated rings. The van der Waals surface area contributed by atoms with Crippen LogP contribution in [0.4, 0.5) is 0 Å². The topological polar surface area (TPSA) is 38.0 Å². The normalized spacial score (nSPS) is 13.8. The quantitative estimate of drug-likeness (QED) is 0.742. The van der Waals surface area contributed by atoms with Gasteiger partial charge in [-0.3, -0.25) is 4.68 Å². The van der Waals surface area contributed by atoms with Crippen molar-refractivity contribution in [2.24, 2.45) is 13.0 Å². The van der Waals surface area contributed by atoms with Crippen LogP contribution in [0, 0.1) is 5.92 Å². The van der Waals surface area contributed by atoms with Crippen molar-refractivity contribution in [3.63, 3.8) is 0 Å². The smallest absolute Gasteiger partial charge is 0.0980 e. The van der Waals surface area contributed by atoms with E-state index in [2.05, 4.69) is 18.9 Å². The van der Waals surface area contributed by atoms with E-state index in [1.54, 1.807) is 4.68 Å². The van der Waals surface area contributed by atoms with Gasteiger partial charge in [0.1, 0.15) is 0 Å². The summed E-state index contributed by atoms with van der Waals surface area (Å²) in [6, 6.07) is 1.85. The SMILES string of the molecule is CC(C)CC(O)c1ccn(C)n1. The van der Waals surface area contributed by atoms with E-state index in [4.69, 9.17) is 0 Å². The summed E-state index contributed by atoms with van der Waals surface area (Å²) in [7, 11) is 1.85. The Labute approximate surface area is 73.0 Å². The van der Waals surface area contributed by atoms with Crippen LogP contribution in [0.2, 0.25) is 0 Å². The molecular weight excluding hydrogens is 152 g/mol. The highest BCUT2D eigenvalue weighted by atomic mass is 16.3. The highest BCUT2D eigenvalue weighted by Crippen LogP contribution is 2.18. The van der Waals surface area contributed by atoms with Gasteiger partial charge in [-0.15, -0.1) is 0 Å². The molecule has 0 aromatic carbocycles. The van der Waals surface area contributed by atoms with Gasteiger partial charge in [0.15, 0.2) is 0 Å². The Morgan fingerprint density at radius 2 is 2.25 bits per heavy atom. The second-order valence-electron chi connectivity index (χ2n) is 3.56. The molecule has 68 valence electrons. The van der Waals surface area contributed by atoms with Crippen molar-refractivity contribution in [3.05, 3.63) is 18.0 Å². The van der Waals surface area contributed by atoms with Gasteiger partial charge in [0.2, 0.25) is 0 Å². The van der Waals surface area contributed by atoms with Gasteiger partial charge in [-0.25, -0.2) is 0 Å². The van der Waals surface area contributed by atoms with Gasteiger partial charge in [-0.1, -0.05) is 13.8 Å². The first-order chi connectivity index (χ1) is 5.59. The maximum absolute atomic E-state index is 9.63. The summed E-state index contributed by atoms with van der Waals surface area (Å²) in [6.07, 6.45) is 2.21. The number of nitrogens with zero attached hydrogens (tertiary/aromatic N) is 2. The fourth-order valence-electron chi connectivity index (χ4n) is 1.18. The van der Waals surface area contributed by atoms with E-state index in [0.29, 0.717) is 5.92 Å². The van der Waals surface area contributed by atoms with Crippen LogP contribution in [0.5, 0.6) is 0 Å². The third-order valence-electron chi connectivity index (χ3n) is 1.77. The molecule has 1 heterocycles. The Morgan fingerprint density at radius 1 is 1.58 bits per heavy atom. The molecule has 1 aromatic heterocycles. The van der Waals surface area contributed by atoms with Gasteiger partial charge in [-0.2, -0.15) is 5.10 Å². The molecule has 1 atom stereocenters. The van der Waals surface area contributed by atoms with Crippen LogP contribution < -0.4 is 0 Å². The lowest BCUT2D eigenvalue weighted by atomic mass is 10.0. The first-order valence-corrected chi connectivity index (χ1v) is 4.27. The van der Waals surface area contributed by atoms with Crippen LogP contribution in [0.3, 0.4) is 0 Å². The number of aliphatic hydroxyl groups excluding tert-OH is 1. The van der Waals surface area contributed by atoms with Gasteiger partial charge >= 0.3 is 0 Å². The Balaban J connectivity index is 2.58. The molecule has 3 nitrogen and oxygen atoms in total. The molecule has 1 aromatic rings. The average molecular weight is 168 g/mol. The molecule has 0 amide bonds. The van der Waals surface area contributed by atoms with Crippen molar-refractivity contribution >= 4 is 0 Å². The van der Waals surface area contributed by atoms with Crippen LogP contribution in [-0.2, 0) is 7.05 Å². The predicted octanol–water partition coefficient (Wildman–Crippen LogP) is 1.50. The minimum atomic E-state index is -0.411. The second kappa shape index (κ2) is 3.72. The van der Waals surface area contributed by atoms with Crippen molar-refractivity contribution in [1.29, 1.82) is 0 Å². The standard InChI is InChI=1S/C9H16N2O/c1-7(2)6-9(12)8-4-5-11(3)10-8/h4-5,7,9,12H,6H2,1-3H3. The maximum Gasteiger partial charge on any atom is 0.0980 e. The van der Waals surface area contributed by atoms with Crippen LogP contribution in [-0.4, -0.2) is 14.9 Å². The molecule has 0 radical (unpaired) electrons. The zero-order chi connectivity index (χ0) is 9.14. The van der Waals surface area contributed by atoms with Crippen molar-refractivity contribution in [1.82, 2.24) is 9.78 Å². The van der Waals surface area contributed by atoms with E-state index in [9.17, 15) is 5.11 Å². The predicted molar refractivity (Wildman–Crippen MR) is 47.6 cm³/mol. The fraction of sp³-hybridized carbons (Fsp3) is 0.667. The summed E-state index contributed by atoms with van der Waals surface area (Å²) in [5.74, 6) is 0.502. The minimum Gasteiger partial charge on any atom is -0.387 e. The maximum atomic E-state index is 9.63. The molecule has 0 saturated heterocycles. The molecule has 12 heavy (non-hydrogen) atoms. The lowest BCUT2D eigenvalue weighted by molar-refractivity contribution is 0.146. The number of hydrogen-bond acceptors (Lipinski definition) is 2. The Morgan fingerprint density at radius 3 is 2.67 bits per heavy atom. The summed E-state index contributed by atoms with van der Waals surface area (Å²) >= 11 is 0. The molecule has 0 bridgehead atoms. The second-order valence-corrected chi connectivity index (χ2v) is 3.56. The van der Waals surface area contributed by atoms with Crippen LogP contribution >= 0.6 is 0 Å². The lowest BCUT2D eigenvalue weighted by Crippen LogP contribution is -2.03. The van der Waals surface area contributed by atoms with Gasteiger partial charge in [0.05, 0.1) is 11.8 Å². The highest BCUT2D eigenvalue weighted by molar-refractivity contribution is 5.02. The average Bonchev–Trinajstić information content (AvgIpc) is 2.34. The van der Waals surface area contributed by atoms with Crippen LogP contribution in [0.25, 0.3) is 0 Å². The molecule has 0 aliphatic rings. The minimum absolute atomic E-state index is 0.411. The van der Waals surface area contributed by atoms with Crippen molar-refractivity contribution < 1.29 is 5.11 Å². The van der Waals surface area contributed by atoms with Crippen molar-refractivity contribution in [3.8, 4) is 0 Å². The fourth-order valence-corrected chi connectivity index (χ4v) is 1.18. The highest BCUT2D eigenvalue weighted by Gasteiger charge is 2.11. The molecule has 0 spiro atoms.